The summed E-state index contributed by atoms with van der Waals surface area (Å²) in [6.07, 6.45) is -0.562. The van der Waals surface area contributed by atoms with Crippen LogP contribution in [0.3, 0.4) is 0 Å². The molecule has 1 aromatic heterocycles. The summed E-state index contributed by atoms with van der Waals surface area (Å²) in [5.74, 6) is 0.274. The fourth-order valence-electron chi connectivity index (χ4n) is 2.86. The molecule has 2 aromatic rings. The molecule has 1 fully saturated rings. The van der Waals surface area contributed by atoms with Gasteiger partial charge in [-0.25, -0.2) is 4.39 Å². The molecule has 1 saturated heterocycles. The highest BCUT2D eigenvalue weighted by atomic mass is 35.5. The van der Waals surface area contributed by atoms with Crippen LogP contribution in [0.15, 0.2) is 36.4 Å². The molecule has 0 aliphatic carbocycles. The van der Waals surface area contributed by atoms with Gasteiger partial charge in [0.1, 0.15) is 24.3 Å². The highest BCUT2D eigenvalue weighted by Gasteiger charge is 2.20. The molecule has 1 unspecified atom stereocenters. The van der Waals surface area contributed by atoms with Crippen molar-refractivity contribution in [2.75, 3.05) is 39.3 Å². The van der Waals surface area contributed by atoms with E-state index in [9.17, 15) is 9.50 Å². The number of aliphatic hydroxyl groups excluding tert-OH is 1. The summed E-state index contributed by atoms with van der Waals surface area (Å²) in [6.45, 7) is 5.52. The normalized spacial score (nSPS) is 17.6. The summed E-state index contributed by atoms with van der Waals surface area (Å²) in [5, 5.41) is 10.2. The van der Waals surface area contributed by atoms with Crippen LogP contribution >= 0.6 is 22.9 Å². The van der Waals surface area contributed by atoms with Crippen molar-refractivity contribution in [2.45, 2.75) is 12.6 Å². The lowest BCUT2D eigenvalue weighted by Crippen LogP contribution is -2.48. The molecule has 7 heteroatoms. The van der Waals surface area contributed by atoms with Gasteiger partial charge in [-0.05, 0) is 36.4 Å². The number of halogens is 2. The number of rotatable bonds is 7. The molecule has 1 aliphatic heterocycles. The Balaban J connectivity index is 1.35. The van der Waals surface area contributed by atoms with Crippen LogP contribution in [0.1, 0.15) is 4.88 Å². The second-order valence-corrected chi connectivity index (χ2v) is 8.00. The Morgan fingerprint density at radius 3 is 2.40 bits per heavy atom. The molecule has 0 amide bonds. The van der Waals surface area contributed by atoms with Crippen LogP contribution in [0.2, 0.25) is 4.34 Å². The van der Waals surface area contributed by atoms with E-state index in [2.05, 4.69) is 15.9 Å². The second-order valence-electron chi connectivity index (χ2n) is 6.20. The molecular formula is C18H22ClFN2O2S. The predicted octanol–water partition coefficient (Wildman–Crippen LogP) is 3.10. The highest BCUT2D eigenvalue weighted by molar-refractivity contribution is 7.16. The zero-order chi connectivity index (χ0) is 17.6. The number of benzene rings is 1. The Hall–Kier alpha value is -1.18. The van der Waals surface area contributed by atoms with E-state index >= 15 is 0 Å². The Kier molecular flexibility index (Phi) is 6.67. The summed E-state index contributed by atoms with van der Waals surface area (Å²) >= 11 is 7.60. The third kappa shape index (κ3) is 5.94. The van der Waals surface area contributed by atoms with Crippen molar-refractivity contribution in [3.63, 3.8) is 0 Å². The van der Waals surface area contributed by atoms with Crippen molar-refractivity contribution < 1.29 is 14.2 Å². The Labute approximate surface area is 156 Å². The molecule has 136 valence electrons. The van der Waals surface area contributed by atoms with Crippen molar-refractivity contribution in [2.24, 2.45) is 0 Å². The molecule has 0 bridgehead atoms. The van der Waals surface area contributed by atoms with Crippen LogP contribution in [0.25, 0.3) is 0 Å². The third-order valence-electron chi connectivity index (χ3n) is 4.20. The van der Waals surface area contributed by atoms with Gasteiger partial charge in [0.2, 0.25) is 0 Å². The zero-order valence-corrected chi connectivity index (χ0v) is 15.5. The maximum atomic E-state index is 12.8. The molecule has 3 rings (SSSR count). The minimum atomic E-state index is -0.562. The van der Waals surface area contributed by atoms with Crippen LogP contribution in [0.4, 0.5) is 4.39 Å². The molecule has 1 atom stereocenters. The van der Waals surface area contributed by atoms with Gasteiger partial charge >= 0.3 is 0 Å². The van der Waals surface area contributed by atoms with E-state index in [1.807, 2.05) is 6.07 Å². The first-order chi connectivity index (χ1) is 12.1. The average Bonchev–Trinajstić information content (AvgIpc) is 3.01. The quantitative estimate of drug-likeness (QED) is 0.795. The molecule has 2 heterocycles. The second kappa shape index (κ2) is 8.96. The summed E-state index contributed by atoms with van der Waals surface area (Å²) < 4.78 is 19.2. The predicted molar refractivity (Wildman–Crippen MR) is 98.9 cm³/mol. The fourth-order valence-corrected chi connectivity index (χ4v) is 3.99. The van der Waals surface area contributed by atoms with Crippen molar-refractivity contribution in [3.8, 4) is 5.75 Å². The van der Waals surface area contributed by atoms with E-state index in [1.54, 1.807) is 23.5 Å². The van der Waals surface area contributed by atoms with Crippen LogP contribution in [0, 0.1) is 5.82 Å². The maximum Gasteiger partial charge on any atom is 0.123 e. The first-order valence-electron chi connectivity index (χ1n) is 8.34. The van der Waals surface area contributed by atoms with E-state index in [1.165, 1.54) is 17.0 Å². The molecule has 0 spiro atoms. The molecule has 1 aromatic carbocycles. The van der Waals surface area contributed by atoms with Crippen molar-refractivity contribution in [3.05, 3.63) is 51.4 Å². The van der Waals surface area contributed by atoms with Gasteiger partial charge in [0.05, 0.1) is 4.34 Å². The van der Waals surface area contributed by atoms with E-state index in [-0.39, 0.29) is 12.4 Å². The smallest absolute Gasteiger partial charge is 0.123 e. The molecule has 0 radical (unpaired) electrons. The van der Waals surface area contributed by atoms with Crippen LogP contribution < -0.4 is 4.74 Å². The van der Waals surface area contributed by atoms with Gasteiger partial charge in [-0.3, -0.25) is 9.80 Å². The molecular weight excluding hydrogens is 363 g/mol. The lowest BCUT2D eigenvalue weighted by molar-refractivity contribution is 0.0448. The molecule has 25 heavy (non-hydrogen) atoms. The van der Waals surface area contributed by atoms with Gasteiger partial charge in [0.25, 0.3) is 0 Å². The topological polar surface area (TPSA) is 35.9 Å². The molecule has 1 N–H and O–H groups in total. The van der Waals surface area contributed by atoms with Gasteiger partial charge < -0.3 is 9.84 Å². The fraction of sp³-hybridized carbons (Fsp3) is 0.444. The largest absolute Gasteiger partial charge is 0.491 e. The summed E-state index contributed by atoms with van der Waals surface area (Å²) in [6, 6.07) is 9.85. The SMILES string of the molecule is OC(COc1ccc(F)cc1)CN1CCN(Cc2ccc(Cl)s2)CC1. The lowest BCUT2D eigenvalue weighted by Gasteiger charge is -2.35. The minimum Gasteiger partial charge on any atom is -0.491 e. The van der Waals surface area contributed by atoms with E-state index in [4.69, 9.17) is 16.3 Å². The number of hydrogen-bond acceptors (Lipinski definition) is 5. The van der Waals surface area contributed by atoms with Gasteiger partial charge in [0.15, 0.2) is 0 Å². The number of β-amino-alcohol motifs (C(OH)–C–C–N with tert-alkyl or cyclic N) is 1. The number of piperazine rings is 1. The Bertz CT molecular complexity index is 659. The van der Waals surface area contributed by atoms with Gasteiger partial charge in [-0.1, -0.05) is 11.6 Å². The van der Waals surface area contributed by atoms with Crippen molar-refractivity contribution >= 4 is 22.9 Å². The number of ether oxygens (including phenoxy) is 1. The van der Waals surface area contributed by atoms with E-state index < -0.39 is 6.10 Å². The monoisotopic (exact) mass is 384 g/mol. The average molecular weight is 385 g/mol. The van der Waals surface area contributed by atoms with Gasteiger partial charge in [-0.15, -0.1) is 11.3 Å². The van der Waals surface area contributed by atoms with Crippen molar-refractivity contribution in [1.29, 1.82) is 0 Å². The number of nitrogens with zero attached hydrogens (tertiary/aromatic N) is 2. The molecule has 4 nitrogen and oxygen atoms in total. The highest BCUT2D eigenvalue weighted by Crippen LogP contribution is 2.23. The third-order valence-corrected chi connectivity index (χ3v) is 5.41. The summed E-state index contributed by atoms with van der Waals surface area (Å²) in [5.41, 5.74) is 0. The first-order valence-corrected chi connectivity index (χ1v) is 9.53. The lowest BCUT2D eigenvalue weighted by atomic mass is 10.2. The summed E-state index contributed by atoms with van der Waals surface area (Å²) in [4.78, 5) is 5.93. The zero-order valence-electron chi connectivity index (χ0n) is 13.9. The minimum absolute atomic E-state index is 0.208. The standard InChI is InChI=1S/C18H22ClFN2O2S/c19-18-6-5-17(25-18)12-22-9-7-21(8-10-22)11-15(23)13-24-16-3-1-14(20)2-4-16/h1-6,15,23H,7-13H2. The summed E-state index contributed by atoms with van der Waals surface area (Å²) in [7, 11) is 0. The Morgan fingerprint density at radius 1 is 1.08 bits per heavy atom. The van der Waals surface area contributed by atoms with Crippen molar-refractivity contribution in [1.82, 2.24) is 9.80 Å². The number of aliphatic hydroxyl groups is 1. The van der Waals surface area contributed by atoms with Crippen LogP contribution in [-0.4, -0.2) is 60.3 Å². The first kappa shape index (κ1) is 18.6. The molecule has 1 aliphatic rings. The van der Waals surface area contributed by atoms with Crippen LogP contribution in [-0.2, 0) is 6.54 Å². The number of hydrogen-bond donors (Lipinski definition) is 1. The van der Waals surface area contributed by atoms with Crippen LogP contribution in [0.5, 0.6) is 5.75 Å². The van der Waals surface area contributed by atoms with Gasteiger partial charge in [0, 0.05) is 44.1 Å². The molecule has 0 saturated carbocycles. The van der Waals surface area contributed by atoms with E-state index in [0.717, 1.165) is 37.1 Å². The van der Waals surface area contributed by atoms with Gasteiger partial charge in [-0.2, -0.15) is 0 Å². The van der Waals surface area contributed by atoms with E-state index in [0.29, 0.717) is 12.3 Å². The Morgan fingerprint density at radius 2 is 1.76 bits per heavy atom. The number of thiophene rings is 1. The maximum absolute atomic E-state index is 12.8.